The molecule has 5 nitrogen and oxygen atoms in total. The molecule has 1 heterocycles. The van der Waals surface area contributed by atoms with Crippen LogP contribution in [0.5, 0.6) is 0 Å². The van der Waals surface area contributed by atoms with E-state index in [1.165, 1.54) is 0 Å². The molecule has 1 amide bonds. The third kappa shape index (κ3) is 2.06. The Labute approximate surface area is 125 Å². The van der Waals surface area contributed by atoms with Gasteiger partial charge in [-0.2, -0.15) is 0 Å². The lowest BCUT2D eigenvalue weighted by Crippen LogP contribution is -2.49. The van der Waals surface area contributed by atoms with Crippen molar-refractivity contribution in [3.05, 3.63) is 12.2 Å². The van der Waals surface area contributed by atoms with E-state index in [1.54, 1.807) is 0 Å². The van der Waals surface area contributed by atoms with Gasteiger partial charge in [0.1, 0.15) is 0 Å². The molecule has 0 radical (unpaired) electrons. The number of nitrogens with one attached hydrogen (secondary N) is 1. The van der Waals surface area contributed by atoms with Gasteiger partial charge in [0.05, 0.1) is 29.1 Å². The number of hydrogen-bond donors (Lipinski definition) is 2. The molecule has 2 bridgehead atoms. The van der Waals surface area contributed by atoms with Gasteiger partial charge in [0.2, 0.25) is 5.91 Å². The van der Waals surface area contributed by atoms with Crippen molar-refractivity contribution in [1.82, 2.24) is 5.32 Å². The highest BCUT2D eigenvalue weighted by molar-refractivity contribution is 7.91. The summed E-state index contributed by atoms with van der Waals surface area (Å²) < 4.78 is 23.1. The standard InChI is InChI=1S/C15H23NO4S/c1-9-14(2,3)10-4-5-15(9,6-10)13(18)16-11-7-21(19,20)8-12(11)17/h10-12,17H,1,4-8H2,2-3H3,(H,16,18). The highest BCUT2D eigenvalue weighted by atomic mass is 32.2. The van der Waals surface area contributed by atoms with Crippen molar-refractivity contribution in [3.8, 4) is 0 Å². The maximum atomic E-state index is 12.8. The molecule has 0 spiro atoms. The van der Waals surface area contributed by atoms with Gasteiger partial charge in [-0.15, -0.1) is 0 Å². The zero-order valence-corrected chi connectivity index (χ0v) is 13.4. The minimum atomic E-state index is -3.25. The van der Waals surface area contributed by atoms with Crippen molar-refractivity contribution in [1.29, 1.82) is 0 Å². The Hall–Kier alpha value is -0.880. The Balaban J connectivity index is 1.79. The summed E-state index contributed by atoms with van der Waals surface area (Å²) in [6.07, 6.45) is 1.57. The second kappa shape index (κ2) is 4.32. The predicted molar refractivity (Wildman–Crippen MR) is 79.3 cm³/mol. The largest absolute Gasteiger partial charge is 0.390 e. The van der Waals surface area contributed by atoms with Crippen molar-refractivity contribution >= 4 is 15.7 Å². The normalized spacial score (nSPS) is 43.2. The van der Waals surface area contributed by atoms with Crippen LogP contribution in [-0.2, 0) is 14.6 Å². The summed E-state index contributed by atoms with van der Waals surface area (Å²) in [5.74, 6) is -0.121. The molecule has 2 saturated carbocycles. The molecule has 1 aliphatic heterocycles. The number of carbonyl (C=O) groups is 1. The predicted octanol–water partition coefficient (Wildman–Crippen LogP) is 0.643. The fourth-order valence-corrected chi connectivity index (χ4v) is 6.16. The number of carbonyl (C=O) groups excluding carboxylic acids is 1. The van der Waals surface area contributed by atoms with Gasteiger partial charge in [-0.05, 0) is 30.6 Å². The number of rotatable bonds is 2. The van der Waals surface area contributed by atoms with E-state index < -0.39 is 27.4 Å². The van der Waals surface area contributed by atoms with E-state index in [9.17, 15) is 18.3 Å². The molecule has 6 heteroatoms. The molecule has 2 N–H and O–H groups in total. The number of sulfone groups is 1. The fraction of sp³-hybridized carbons (Fsp3) is 0.800. The molecule has 21 heavy (non-hydrogen) atoms. The molecule has 0 aromatic heterocycles. The van der Waals surface area contributed by atoms with E-state index in [0.717, 1.165) is 24.8 Å². The average Bonchev–Trinajstić information content (AvgIpc) is 2.95. The molecule has 0 aromatic carbocycles. The van der Waals surface area contributed by atoms with Crippen LogP contribution in [-0.4, -0.2) is 43.1 Å². The summed E-state index contributed by atoms with van der Waals surface area (Å²) in [5, 5.41) is 12.6. The van der Waals surface area contributed by atoms with E-state index in [0.29, 0.717) is 5.92 Å². The lowest BCUT2D eigenvalue weighted by atomic mass is 9.68. The molecular weight excluding hydrogens is 290 g/mol. The highest BCUT2D eigenvalue weighted by Crippen LogP contribution is 2.65. The minimum Gasteiger partial charge on any atom is -0.390 e. The minimum absolute atomic E-state index is 0.0457. The van der Waals surface area contributed by atoms with Crippen molar-refractivity contribution in [2.75, 3.05) is 11.5 Å². The quantitative estimate of drug-likeness (QED) is 0.733. The van der Waals surface area contributed by atoms with Crippen molar-refractivity contribution in [3.63, 3.8) is 0 Å². The lowest BCUT2D eigenvalue weighted by Gasteiger charge is -2.37. The molecule has 2 aliphatic carbocycles. The van der Waals surface area contributed by atoms with Crippen LogP contribution < -0.4 is 5.32 Å². The van der Waals surface area contributed by atoms with Crippen LogP contribution in [0.25, 0.3) is 0 Å². The van der Waals surface area contributed by atoms with E-state index in [2.05, 4.69) is 25.7 Å². The first-order valence-corrected chi connectivity index (χ1v) is 9.30. The summed E-state index contributed by atoms with van der Waals surface area (Å²) >= 11 is 0. The van der Waals surface area contributed by atoms with Gasteiger partial charge in [0, 0.05) is 0 Å². The van der Waals surface area contributed by atoms with Crippen LogP contribution in [0.1, 0.15) is 33.1 Å². The van der Waals surface area contributed by atoms with Crippen LogP contribution >= 0.6 is 0 Å². The van der Waals surface area contributed by atoms with Crippen LogP contribution in [0.2, 0.25) is 0 Å². The fourth-order valence-electron chi connectivity index (χ4n) is 4.42. The Kier molecular flexibility index (Phi) is 3.09. The first-order valence-electron chi connectivity index (χ1n) is 7.48. The third-order valence-corrected chi connectivity index (χ3v) is 7.68. The Morgan fingerprint density at radius 2 is 2.05 bits per heavy atom. The number of amides is 1. The number of fused-ring (bicyclic) bond motifs is 2. The second-order valence-electron chi connectivity index (χ2n) is 7.45. The van der Waals surface area contributed by atoms with E-state index in [-0.39, 0.29) is 22.8 Å². The van der Waals surface area contributed by atoms with Crippen LogP contribution in [0.4, 0.5) is 0 Å². The molecule has 4 atom stereocenters. The van der Waals surface area contributed by atoms with Gasteiger partial charge in [0.25, 0.3) is 0 Å². The Bertz CT molecular complexity index is 609. The van der Waals surface area contributed by atoms with Crippen molar-refractivity contribution < 1.29 is 18.3 Å². The monoisotopic (exact) mass is 313 g/mol. The first kappa shape index (κ1) is 15.0. The van der Waals surface area contributed by atoms with E-state index in [4.69, 9.17) is 0 Å². The summed E-state index contributed by atoms with van der Waals surface area (Å²) in [6.45, 7) is 8.42. The van der Waals surface area contributed by atoms with Gasteiger partial charge in [0.15, 0.2) is 9.84 Å². The maximum absolute atomic E-state index is 12.8. The zero-order chi connectivity index (χ0) is 15.6. The lowest BCUT2D eigenvalue weighted by molar-refractivity contribution is -0.130. The number of hydrogen-bond acceptors (Lipinski definition) is 4. The summed E-state index contributed by atoms with van der Waals surface area (Å²) in [4.78, 5) is 12.8. The van der Waals surface area contributed by atoms with Crippen LogP contribution in [0, 0.1) is 16.7 Å². The molecule has 0 aromatic rings. The van der Waals surface area contributed by atoms with Crippen molar-refractivity contribution in [2.45, 2.75) is 45.3 Å². The van der Waals surface area contributed by atoms with E-state index >= 15 is 0 Å². The van der Waals surface area contributed by atoms with Gasteiger partial charge >= 0.3 is 0 Å². The maximum Gasteiger partial charge on any atom is 0.230 e. The zero-order valence-electron chi connectivity index (χ0n) is 12.6. The second-order valence-corrected chi connectivity index (χ2v) is 9.60. The Morgan fingerprint density at radius 1 is 1.38 bits per heavy atom. The summed E-state index contributed by atoms with van der Waals surface area (Å²) in [6, 6.07) is -0.688. The van der Waals surface area contributed by atoms with E-state index in [1.807, 2.05) is 0 Å². The third-order valence-electron chi connectivity index (χ3n) is 5.96. The average molecular weight is 313 g/mol. The molecule has 3 rings (SSSR count). The van der Waals surface area contributed by atoms with Crippen molar-refractivity contribution in [2.24, 2.45) is 16.7 Å². The van der Waals surface area contributed by atoms with Gasteiger partial charge in [-0.25, -0.2) is 8.42 Å². The highest BCUT2D eigenvalue weighted by Gasteiger charge is 2.61. The number of aliphatic hydroxyl groups is 1. The summed E-state index contributed by atoms with van der Waals surface area (Å²) in [5.41, 5.74) is 0.343. The Morgan fingerprint density at radius 3 is 2.52 bits per heavy atom. The van der Waals surface area contributed by atoms with Crippen LogP contribution in [0.3, 0.4) is 0 Å². The molecule has 1 saturated heterocycles. The van der Waals surface area contributed by atoms with Gasteiger partial charge in [-0.3, -0.25) is 4.79 Å². The van der Waals surface area contributed by atoms with Gasteiger partial charge < -0.3 is 10.4 Å². The smallest absolute Gasteiger partial charge is 0.230 e. The first-order chi connectivity index (χ1) is 9.58. The molecule has 4 unspecified atom stereocenters. The number of aliphatic hydroxyl groups excluding tert-OH is 1. The molecular formula is C15H23NO4S. The van der Waals surface area contributed by atoms with Gasteiger partial charge in [-0.1, -0.05) is 26.0 Å². The molecule has 118 valence electrons. The topological polar surface area (TPSA) is 83.5 Å². The van der Waals surface area contributed by atoms with Crippen LogP contribution in [0.15, 0.2) is 12.2 Å². The molecule has 3 fully saturated rings. The molecule has 3 aliphatic rings. The SMILES string of the molecule is C=C1C2(C(=O)NC3CS(=O)(=O)CC3O)CCC(C2)C1(C)C. The summed E-state index contributed by atoms with van der Waals surface area (Å²) in [7, 11) is -3.25.